The molecule has 2 heterocycles. The average Bonchev–Trinajstić information content (AvgIpc) is 2.90. The quantitative estimate of drug-likeness (QED) is 0.608. The summed E-state index contributed by atoms with van der Waals surface area (Å²) in [6, 6.07) is 0. The zero-order valence-electron chi connectivity index (χ0n) is 13.5. The SMILES string of the molecule is Cc1nc(C(O[N+](=O)[O-])(c2nc(C)c(C)s2)C(C)C)sc1C. The van der Waals surface area contributed by atoms with E-state index in [1.54, 1.807) is 0 Å². The lowest BCUT2D eigenvalue weighted by Crippen LogP contribution is -2.38. The number of thiazole rings is 2. The van der Waals surface area contributed by atoms with E-state index in [2.05, 4.69) is 9.97 Å². The Bertz CT molecular complexity index is 621. The highest BCUT2D eigenvalue weighted by Gasteiger charge is 2.48. The van der Waals surface area contributed by atoms with E-state index < -0.39 is 10.7 Å². The molecule has 0 aliphatic carbocycles. The second kappa shape index (κ2) is 5.92. The molecule has 0 unspecified atom stereocenters. The van der Waals surface area contributed by atoms with Crippen LogP contribution in [0.1, 0.15) is 45.0 Å². The average molecular weight is 341 g/mol. The van der Waals surface area contributed by atoms with E-state index in [0.29, 0.717) is 10.0 Å². The van der Waals surface area contributed by atoms with Gasteiger partial charge in [-0.05, 0) is 33.6 Å². The molecular formula is C14H19N3O3S2. The van der Waals surface area contributed by atoms with Crippen molar-refractivity contribution in [1.82, 2.24) is 9.97 Å². The van der Waals surface area contributed by atoms with Crippen molar-refractivity contribution in [3.05, 3.63) is 41.3 Å². The van der Waals surface area contributed by atoms with Gasteiger partial charge in [0.15, 0.2) is 0 Å². The van der Waals surface area contributed by atoms with Gasteiger partial charge in [0.05, 0.1) is 11.4 Å². The van der Waals surface area contributed by atoms with E-state index in [1.807, 2.05) is 41.5 Å². The number of aryl methyl sites for hydroxylation is 4. The number of hydrogen-bond donors (Lipinski definition) is 0. The minimum absolute atomic E-state index is 0.187. The summed E-state index contributed by atoms with van der Waals surface area (Å²) in [4.78, 5) is 27.5. The summed E-state index contributed by atoms with van der Waals surface area (Å²) in [5.74, 6) is -0.187. The fourth-order valence-electron chi connectivity index (χ4n) is 2.15. The van der Waals surface area contributed by atoms with Crippen LogP contribution in [0.3, 0.4) is 0 Å². The molecular weight excluding hydrogens is 322 g/mol. The molecule has 0 saturated heterocycles. The topological polar surface area (TPSA) is 78.2 Å². The molecule has 0 atom stereocenters. The first-order chi connectivity index (χ1) is 10.2. The summed E-state index contributed by atoms with van der Waals surface area (Å²) in [6.07, 6.45) is 0. The van der Waals surface area contributed by atoms with Gasteiger partial charge in [-0.3, -0.25) is 4.84 Å². The maximum absolute atomic E-state index is 11.2. The van der Waals surface area contributed by atoms with Gasteiger partial charge in [-0.25, -0.2) is 9.97 Å². The molecule has 0 saturated carbocycles. The van der Waals surface area contributed by atoms with E-state index >= 15 is 0 Å². The van der Waals surface area contributed by atoms with Crippen molar-refractivity contribution in [3.63, 3.8) is 0 Å². The zero-order valence-corrected chi connectivity index (χ0v) is 15.1. The molecule has 22 heavy (non-hydrogen) atoms. The predicted octanol–water partition coefficient (Wildman–Crippen LogP) is 3.94. The first-order valence-corrected chi connectivity index (χ1v) is 8.54. The molecule has 0 radical (unpaired) electrons. The van der Waals surface area contributed by atoms with Crippen LogP contribution < -0.4 is 0 Å². The van der Waals surface area contributed by atoms with E-state index in [9.17, 15) is 10.1 Å². The minimum Gasteiger partial charge on any atom is -0.292 e. The smallest absolute Gasteiger partial charge is 0.292 e. The molecule has 8 heteroatoms. The zero-order chi connectivity index (χ0) is 16.7. The molecule has 0 amide bonds. The molecule has 0 aromatic carbocycles. The highest BCUT2D eigenvalue weighted by atomic mass is 32.1. The summed E-state index contributed by atoms with van der Waals surface area (Å²) < 4.78 is 0. The Morgan fingerprint density at radius 3 is 1.68 bits per heavy atom. The Morgan fingerprint density at radius 2 is 1.45 bits per heavy atom. The fourth-order valence-corrected chi connectivity index (χ4v) is 4.59. The van der Waals surface area contributed by atoms with Crippen LogP contribution in [0.2, 0.25) is 0 Å². The number of rotatable bonds is 5. The van der Waals surface area contributed by atoms with Gasteiger partial charge in [0.2, 0.25) is 5.60 Å². The van der Waals surface area contributed by atoms with Crippen molar-refractivity contribution in [1.29, 1.82) is 0 Å². The van der Waals surface area contributed by atoms with Crippen LogP contribution >= 0.6 is 22.7 Å². The van der Waals surface area contributed by atoms with Gasteiger partial charge in [0.25, 0.3) is 5.09 Å². The molecule has 6 nitrogen and oxygen atoms in total. The highest BCUT2D eigenvalue weighted by molar-refractivity contribution is 7.13. The van der Waals surface area contributed by atoms with Crippen LogP contribution in [0.5, 0.6) is 0 Å². The third-order valence-corrected chi connectivity index (χ3v) is 6.10. The summed E-state index contributed by atoms with van der Waals surface area (Å²) in [7, 11) is 0. The van der Waals surface area contributed by atoms with Gasteiger partial charge in [-0.1, -0.05) is 13.8 Å². The van der Waals surface area contributed by atoms with Crippen molar-refractivity contribution in [2.75, 3.05) is 0 Å². The maximum atomic E-state index is 11.2. The van der Waals surface area contributed by atoms with E-state index in [1.165, 1.54) is 22.7 Å². The lowest BCUT2D eigenvalue weighted by Gasteiger charge is -2.31. The monoisotopic (exact) mass is 341 g/mol. The standard InChI is InChI=1S/C14H19N3O3S2/c1-7(2)14(20-17(18)19,12-15-8(3)10(5)21-12)13-16-9(4)11(6)22-13/h7H,1-6H3. The van der Waals surface area contributed by atoms with Crippen LogP contribution in [-0.4, -0.2) is 15.1 Å². The lowest BCUT2D eigenvalue weighted by molar-refractivity contribution is -0.783. The van der Waals surface area contributed by atoms with Gasteiger partial charge in [-0.2, -0.15) is 0 Å². The fraction of sp³-hybridized carbons (Fsp3) is 0.571. The number of hydrogen-bond acceptors (Lipinski definition) is 7. The number of aromatic nitrogens is 2. The molecule has 0 N–H and O–H groups in total. The van der Waals surface area contributed by atoms with Crippen LogP contribution in [-0.2, 0) is 10.4 Å². The van der Waals surface area contributed by atoms with Crippen LogP contribution in [0.15, 0.2) is 0 Å². The molecule has 120 valence electrons. The molecule has 0 fully saturated rings. The minimum atomic E-state index is -1.25. The van der Waals surface area contributed by atoms with Crippen molar-refractivity contribution in [2.24, 2.45) is 5.92 Å². The van der Waals surface area contributed by atoms with Gasteiger partial charge < -0.3 is 0 Å². The molecule has 2 aromatic heterocycles. The summed E-state index contributed by atoms with van der Waals surface area (Å²) >= 11 is 2.86. The Balaban J connectivity index is 2.73. The first-order valence-electron chi connectivity index (χ1n) is 6.91. The molecule has 0 aliphatic heterocycles. The molecule has 0 aliphatic rings. The maximum Gasteiger partial charge on any atom is 0.295 e. The molecule has 0 spiro atoms. The van der Waals surface area contributed by atoms with Crippen molar-refractivity contribution in [2.45, 2.75) is 47.1 Å². The largest absolute Gasteiger partial charge is 0.295 e. The molecule has 2 rings (SSSR count). The predicted molar refractivity (Wildman–Crippen MR) is 86.9 cm³/mol. The van der Waals surface area contributed by atoms with Crippen LogP contribution in [0, 0.1) is 43.7 Å². The van der Waals surface area contributed by atoms with E-state index in [0.717, 1.165) is 21.1 Å². The molecule has 0 bridgehead atoms. The lowest BCUT2D eigenvalue weighted by atomic mass is 9.91. The van der Waals surface area contributed by atoms with Crippen LogP contribution in [0.4, 0.5) is 0 Å². The van der Waals surface area contributed by atoms with Crippen molar-refractivity contribution >= 4 is 22.7 Å². The van der Waals surface area contributed by atoms with Crippen LogP contribution in [0.25, 0.3) is 0 Å². The Hall–Kier alpha value is -1.54. The highest BCUT2D eigenvalue weighted by Crippen LogP contribution is 2.44. The third-order valence-electron chi connectivity index (χ3n) is 3.72. The van der Waals surface area contributed by atoms with Crippen molar-refractivity contribution in [3.8, 4) is 0 Å². The number of nitrogens with zero attached hydrogens (tertiary/aromatic N) is 3. The van der Waals surface area contributed by atoms with E-state index in [4.69, 9.17) is 4.84 Å². The van der Waals surface area contributed by atoms with Crippen molar-refractivity contribution < 1.29 is 9.92 Å². The normalized spacial score (nSPS) is 12.0. The summed E-state index contributed by atoms with van der Waals surface area (Å²) in [6.45, 7) is 11.5. The molecule has 2 aromatic rings. The third kappa shape index (κ3) is 2.72. The Morgan fingerprint density at radius 1 is 1.05 bits per heavy atom. The van der Waals surface area contributed by atoms with Gasteiger partial charge >= 0.3 is 0 Å². The second-order valence-electron chi connectivity index (χ2n) is 5.53. The Labute approximate surface area is 137 Å². The van der Waals surface area contributed by atoms with Gasteiger partial charge in [-0.15, -0.1) is 32.8 Å². The van der Waals surface area contributed by atoms with E-state index in [-0.39, 0.29) is 5.92 Å². The van der Waals surface area contributed by atoms with Gasteiger partial charge in [0.1, 0.15) is 10.0 Å². The second-order valence-corrected chi connectivity index (χ2v) is 7.93. The summed E-state index contributed by atoms with van der Waals surface area (Å²) in [5, 5.41) is 11.6. The first kappa shape index (κ1) is 16.8. The van der Waals surface area contributed by atoms with Gasteiger partial charge in [0, 0.05) is 9.75 Å². The summed E-state index contributed by atoms with van der Waals surface area (Å²) in [5.41, 5.74) is 0.473. The Kier molecular flexibility index (Phi) is 4.53.